The van der Waals surface area contributed by atoms with Gasteiger partial charge in [0.05, 0.1) is 0 Å². The van der Waals surface area contributed by atoms with E-state index >= 15 is 0 Å². The van der Waals surface area contributed by atoms with Crippen LogP contribution in [-0.4, -0.2) is 36.4 Å². The summed E-state index contributed by atoms with van der Waals surface area (Å²) in [6, 6.07) is 0. The minimum Gasteiger partial charge on any atom is -0.355 e. The molecule has 0 heterocycles. The fourth-order valence-electron chi connectivity index (χ4n) is 5.65. The minimum atomic E-state index is 0.272. The normalized spacial score (nSPS) is 34.4. The average molecular weight is 449 g/mol. The fourth-order valence-corrected chi connectivity index (χ4v) is 7.47. The molecule has 0 bridgehead atoms. The largest absolute Gasteiger partial charge is 0.355 e. The van der Waals surface area contributed by atoms with E-state index in [1.54, 1.807) is 21.6 Å². The van der Waals surface area contributed by atoms with Gasteiger partial charge in [-0.05, 0) is 75.0 Å². The van der Waals surface area contributed by atoms with E-state index in [1.807, 2.05) is 0 Å². The number of rotatable bonds is 9. The summed E-state index contributed by atoms with van der Waals surface area (Å²) >= 11 is 0. The lowest BCUT2D eigenvalue weighted by atomic mass is 10.1. The van der Waals surface area contributed by atoms with Gasteiger partial charge in [-0.3, -0.25) is 9.59 Å². The molecule has 0 radical (unpaired) electrons. The third kappa shape index (κ3) is 5.87. The summed E-state index contributed by atoms with van der Waals surface area (Å²) in [5, 5.41) is 6.29. The predicted octanol–water partition coefficient (Wildman–Crippen LogP) is 4.59. The molecular formula is C24H36N2O2S2. The molecule has 2 saturated carbocycles. The molecule has 0 aromatic rings. The van der Waals surface area contributed by atoms with Crippen LogP contribution in [0.4, 0.5) is 0 Å². The maximum atomic E-state index is 12.4. The van der Waals surface area contributed by atoms with E-state index in [1.165, 1.54) is 25.7 Å². The average Bonchev–Trinajstić information content (AvgIpc) is 3.57. The molecule has 0 aromatic carbocycles. The van der Waals surface area contributed by atoms with Crippen LogP contribution >= 0.6 is 21.6 Å². The van der Waals surface area contributed by atoms with E-state index in [0.29, 0.717) is 23.7 Å². The number of hydrogen-bond acceptors (Lipinski definition) is 4. The van der Waals surface area contributed by atoms with E-state index in [0.717, 1.165) is 50.3 Å². The van der Waals surface area contributed by atoms with Gasteiger partial charge in [0.25, 0.3) is 0 Å². The highest BCUT2D eigenvalue weighted by Gasteiger charge is 2.53. The molecule has 30 heavy (non-hydrogen) atoms. The second-order valence-electron chi connectivity index (χ2n) is 9.19. The number of amides is 2. The molecule has 2 N–H and O–H groups in total. The van der Waals surface area contributed by atoms with Gasteiger partial charge in [0.2, 0.25) is 11.8 Å². The molecule has 0 aromatic heterocycles. The second kappa shape index (κ2) is 11.1. The van der Waals surface area contributed by atoms with Gasteiger partial charge in [-0.2, -0.15) is 0 Å². The first-order chi connectivity index (χ1) is 14.8. The Bertz CT molecular complexity index is 578. The highest BCUT2D eigenvalue weighted by molar-refractivity contribution is 8.76. The molecule has 4 aliphatic carbocycles. The molecule has 0 spiro atoms. The van der Waals surface area contributed by atoms with Crippen molar-refractivity contribution in [3.05, 3.63) is 24.3 Å². The van der Waals surface area contributed by atoms with Crippen molar-refractivity contribution in [2.45, 2.75) is 51.4 Å². The number of hydrogen-bond donors (Lipinski definition) is 2. The molecule has 2 fully saturated rings. The number of fused-ring (bicyclic) bond motifs is 2. The Morgan fingerprint density at radius 3 is 1.30 bits per heavy atom. The quantitative estimate of drug-likeness (QED) is 0.308. The summed E-state index contributed by atoms with van der Waals surface area (Å²) in [5.74, 6) is 5.45. The third-order valence-electron chi connectivity index (χ3n) is 7.32. The Labute approximate surface area is 189 Å². The zero-order valence-electron chi connectivity index (χ0n) is 17.9. The van der Waals surface area contributed by atoms with Gasteiger partial charge in [-0.1, -0.05) is 45.9 Å². The van der Waals surface area contributed by atoms with Gasteiger partial charge < -0.3 is 10.6 Å². The third-order valence-corrected chi connectivity index (χ3v) is 9.73. The van der Waals surface area contributed by atoms with Gasteiger partial charge in [0, 0.05) is 36.4 Å². The summed E-state index contributed by atoms with van der Waals surface area (Å²) in [6.45, 7) is 1.49. The molecule has 4 rings (SSSR count). The molecule has 166 valence electrons. The van der Waals surface area contributed by atoms with Crippen LogP contribution in [0.3, 0.4) is 0 Å². The van der Waals surface area contributed by atoms with Gasteiger partial charge in [0.15, 0.2) is 0 Å². The van der Waals surface area contributed by atoms with Crippen molar-refractivity contribution in [1.29, 1.82) is 0 Å². The second-order valence-corrected chi connectivity index (χ2v) is 11.9. The zero-order chi connectivity index (χ0) is 20.8. The molecule has 2 amide bonds. The van der Waals surface area contributed by atoms with Gasteiger partial charge >= 0.3 is 0 Å². The SMILES string of the molecule is O=C(NCCSSCCNC(=O)C1C2CCC=CCCC21)C1C2CCC=CCCC21. The van der Waals surface area contributed by atoms with Gasteiger partial charge in [-0.25, -0.2) is 0 Å². The lowest BCUT2D eigenvalue weighted by Gasteiger charge is -2.06. The fraction of sp³-hybridized carbons (Fsp3) is 0.750. The Morgan fingerprint density at radius 2 is 0.967 bits per heavy atom. The highest BCUT2D eigenvalue weighted by atomic mass is 33.1. The number of carbonyl (C=O) groups is 2. The standard InChI is InChI=1S/C24H36N2O2S2/c27-23(21-17-9-5-1-2-6-10-18(17)21)25-13-15-29-30-16-14-26-24(28)22-19-11-7-3-4-8-12-20(19)22/h1-4,17-22H,5-16H2,(H,25,27)(H,26,28). The van der Waals surface area contributed by atoms with Gasteiger partial charge in [-0.15, -0.1) is 0 Å². The Hall–Kier alpha value is -0.880. The van der Waals surface area contributed by atoms with Crippen molar-refractivity contribution in [3.8, 4) is 0 Å². The van der Waals surface area contributed by atoms with Gasteiger partial charge in [0.1, 0.15) is 0 Å². The van der Waals surface area contributed by atoms with Crippen molar-refractivity contribution in [2.75, 3.05) is 24.6 Å². The first-order valence-electron chi connectivity index (χ1n) is 11.9. The van der Waals surface area contributed by atoms with Crippen LogP contribution in [0.1, 0.15) is 51.4 Å². The topological polar surface area (TPSA) is 58.2 Å². The zero-order valence-corrected chi connectivity index (χ0v) is 19.5. The lowest BCUT2D eigenvalue weighted by molar-refractivity contribution is -0.123. The van der Waals surface area contributed by atoms with E-state index in [2.05, 4.69) is 34.9 Å². The Kier molecular flexibility index (Phi) is 8.28. The Morgan fingerprint density at radius 1 is 0.633 bits per heavy atom. The molecule has 6 heteroatoms. The minimum absolute atomic E-state index is 0.272. The predicted molar refractivity (Wildman–Crippen MR) is 127 cm³/mol. The van der Waals surface area contributed by atoms with Crippen molar-refractivity contribution in [1.82, 2.24) is 10.6 Å². The Balaban J connectivity index is 1.00. The van der Waals surface area contributed by atoms with Crippen LogP contribution < -0.4 is 10.6 Å². The monoisotopic (exact) mass is 448 g/mol. The van der Waals surface area contributed by atoms with E-state index in [-0.39, 0.29) is 23.7 Å². The van der Waals surface area contributed by atoms with Crippen LogP contribution in [0.2, 0.25) is 0 Å². The molecule has 0 aliphatic heterocycles. The van der Waals surface area contributed by atoms with Crippen LogP contribution in [0.25, 0.3) is 0 Å². The van der Waals surface area contributed by atoms with Crippen molar-refractivity contribution in [3.63, 3.8) is 0 Å². The summed E-state index contributed by atoms with van der Waals surface area (Å²) < 4.78 is 0. The maximum absolute atomic E-state index is 12.4. The molecule has 0 saturated heterocycles. The molecule has 4 aliphatic rings. The van der Waals surface area contributed by atoms with Crippen molar-refractivity contribution in [2.24, 2.45) is 35.5 Å². The first kappa shape index (κ1) is 22.3. The van der Waals surface area contributed by atoms with E-state index < -0.39 is 0 Å². The van der Waals surface area contributed by atoms with E-state index in [4.69, 9.17) is 0 Å². The molecule has 4 atom stereocenters. The molecular weight excluding hydrogens is 412 g/mol. The number of allylic oxidation sites excluding steroid dienone is 4. The molecule has 4 nitrogen and oxygen atoms in total. The summed E-state index contributed by atoms with van der Waals surface area (Å²) in [4.78, 5) is 24.9. The summed E-state index contributed by atoms with van der Waals surface area (Å²) in [5.41, 5.74) is 0. The summed E-state index contributed by atoms with van der Waals surface area (Å²) in [6.07, 6.45) is 18.3. The van der Waals surface area contributed by atoms with Crippen LogP contribution in [0.15, 0.2) is 24.3 Å². The van der Waals surface area contributed by atoms with Crippen molar-refractivity contribution < 1.29 is 9.59 Å². The van der Waals surface area contributed by atoms with Crippen molar-refractivity contribution >= 4 is 33.4 Å². The van der Waals surface area contributed by atoms with Crippen LogP contribution in [-0.2, 0) is 9.59 Å². The first-order valence-corrected chi connectivity index (χ1v) is 14.4. The summed E-state index contributed by atoms with van der Waals surface area (Å²) in [7, 11) is 3.59. The van der Waals surface area contributed by atoms with E-state index in [9.17, 15) is 9.59 Å². The molecule has 4 unspecified atom stereocenters. The smallest absolute Gasteiger partial charge is 0.223 e. The van der Waals surface area contributed by atoms with Crippen LogP contribution in [0.5, 0.6) is 0 Å². The lowest BCUT2D eigenvalue weighted by Crippen LogP contribution is -2.28. The number of nitrogens with one attached hydrogen (secondary N) is 2. The number of carbonyl (C=O) groups excluding carboxylic acids is 2. The highest BCUT2D eigenvalue weighted by Crippen LogP contribution is 2.53. The van der Waals surface area contributed by atoms with Crippen LogP contribution in [0, 0.1) is 35.5 Å². The maximum Gasteiger partial charge on any atom is 0.223 e.